The molecule has 9 nitrogen and oxygen atoms in total. The maximum absolute atomic E-state index is 14.2. The van der Waals surface area contributed by atoms with Crippen molar-refractivity contribution >= 4 is 34.5 Å². The fraction of sp³-hybridized carbons (Fsp3) is 0.121. The number of aryl methyl sites for hydroxylation is 2. The number of benzene rings is 2. The number of nitrogen functional groups attached to an aromatic ring is 1. The molecule has 5 aromatic rings. The number of aromatic nitrogens is 4. The molecule has 3 heterocycles. The van der Waals surface area contributed by atoms with Gasteiger partial charge in [0.05, 0.1) is 17.1 Å². The van der Waals surface area contributed by atoms with E-state index in [-0.39, 0.29) is 16.9 Å². The van der Waals surface area contributed by atoms with Crippen molar-refractivity contribution in [1.29, 1.82) is 0 Å². The van der Waals surface area contributed by atoms with Crippen molar-refractivity contribution in [3.05, 3.63) is 124 Å². The lowest BCUT2D eigenvalue weighted by molar-refractivity contribution is 0.0940. The van der Waals surface area contributed by atoms with Gasteiger partial charge in [0, 0.05) is 42.0 Å². The zero-order valence-electron chi connectivity index (χ0n) is 23.5. The van der Waals surface area contributed by atoms with Gasteiger partial charge in [-0.25, -0.2) is 9.67 Å². The van der Waals surface area contributed by atoms with Crippen LogP contribution in [0.3, 0.4) is 0 Å². The standard InChI is InChI=1S/C33H29N7O2/c1-5-18-36-31-29(30(34)38-39(31)4)32(41)37-22(3)27-20-25-12-9-11-24(17-16-23-13-10-19-35-21(23)2)28(25)33(42)40(27)26-14-7-6-8-15-26/h5-15,18-20,22H,1H2,2-4H3,(H2,34,38)(H,37,41)/b36-18-. The molecule has 1 unspecified atom stereocenters. The first-order valence-electron chi connectivity index (χ1n) is 13.3. The Morgan fingerprint density at radius 1 is 1.10 bits per heavy atom. The van der Waals surface area contributed by atoms with Gasteiger partial charge >= 0.3 is 0 Å². The Morgan fingerprint density at radius 3 is 2.57 bits per heavy atom. The number of hydrogen-bond donors (Lipinski definition) is 2. The zero-order chi connectivity index (χ0) is 29.8. The van der Waals surface area contributed by atoms with Crippen LogP contribution in [0.4, 0.5) is 11.6 Å². The van der Waals surface area contributed by atoms with E-state index >= 15 is 0 Å². The molecule has 0 radical (unpaired) electrons. The van der Waals surface area contributed by atoms with Crippen molar-refractivity contribution in [3.63, 3.8) is 0 Å². The largest absolute Gasteiger partial charge is 0.381 e. The Morgan fingerprint density at radius 2 is 1.83 bits per heavy atom. The number of rotatable bonds is 6. The molecule has 208 valence electrons. The molecular formula is C33H29N7O2. The summed E-state index contributed by atoms with van der Waals surface area (Å²) in [6.07, 6.45) is 4.68. The van der Waals surface area contributed by atoms with Gasteiger partial charge in [-0.1, -0.05) is 54.8 Å². The van der Waals surface area contributed by atoms with Crippen molar-refractivity contribution in [1.82, 2.24) is 24.6 Å². The average Bonchev–Trinajstić information content (AvgIpc) is 3.27. The maximum Gasteiger partial charge on any atom is 0.264 e. The highest BCUT2D eigenvalue weighted by Gasteiger charge is 2.24. The highest BCUT2D eigenvalue weighted by atomic mass is 16.2. The van der Waals surface area contributed by atoms with E-state index in [1.807, 2.05) is 80.6 Å². The Balaban J connectivity index is 1.64. The second-order valence-electron chi connectivity index (χ2n) is 9.62. The number of nitrogens with two attached hydrogens (primary N) is 1. The molecule has 0 fully saturated rings. The van der Waals surface area contributed by atoms with Crippen LogP contribution in [0.2, 0.25) is 0 Å². The first-order chi connectivity index (χ1) is 20.3. The number of aliphatic imine (C=N–C) groups is 1. The van der Waals surface area contributed by atoms with Gasteiger partial charge in [-0.3, -0.25) is 19.1 Å². The van der Waals surface area contributed by atoms with Gasteiger partial charge in [-0.05, 0) is 55.6 Å². The van der Waals surface area contributed by atoms with Gasteiger partial charge < -0.3 is 11.1 Å². The van der Waals surface area contributed by atoms with Crippen LogP contribution in [0.25, 0.3) is 16.5 Å². The summed E-state index contributed by atoms with van der Waals surface area (Å²) in [5.74, 6) is 6.21. The summed E-state index contributed by atoms with van der Waals surface area (Å²) < 4.78 is 3.04. The summed E-state index contributed by atoms with van der Waals surface area (Å²) in [5.41, 5.74) is 9.41. The minimum atomic E-state index is -0.599. The Kier molecular flexibility index (Phi) is 7.80. The predicted molar refractivity (Wildman–Crippen MR) is 166 cm³/mol. The number of nitrogens with one attached hydrogen (secondary N) is 1. The normalized spacial score (nSPS) is 11.7. The minimum absolute atomic E-state index is 0.0458. The van der Waals surface area contributed by atoms with Crippen LogP contribution in [-0.2, 0) is 7.05 Å². The van der Waals surface area contributed by atoms with Crippen molar-refractivity contribution in [2.45, 2.75) is 19.9 Å². The molecule has 3 aromatic heterocycles. The number of fused-ring (bicyclic) bond motifs is 1. The van der Waals surface area contributed by atoms with E-state index in [0.717, 1.165) is 11.3 Å². The summed E-state index contributed by atoms with van der Waals surface area (Å²) >= 11 is 0. The molecule has 3 N–H and O–H groups in total. The highest BCUT2D eigenvalue weighted by molar-refractivity contribution is 6.03. The lowest BCUT2D eigenvalue weighted by atomic mass is 10.0. The van der Waals surface area contributed by atoms with E-state index in [2.05, 4.69) is 38.8 Å². The molecule has 1 atom stereocenters. The SMILES string of the molecule is C=C/C=N\c1c(C(=O)NC(C)c2cc3cccc(C#Cc4cccnc4C)c3c(=O)n2-c2ccccc2)c(N)nn1C. The Labute approximate surface area is 243 Å². The number of pyridine rings is 2. The van der Waals surface area contributed by atoms with Crippen molar-refractivity contribution in [3.8, 4) is 17.5 Å². The van der Waals surface area contributed by atoms with Crippen molar-refractivity contribution < 1.29 is 4.79 Å². The smallest absolute Gasteiger partial charge is 0.264 e. The third-order valence-corrected chi connectivity index (χ3v) is 6.79. The lowest BCUT2D eigenvalue weighted by Gasteiger charge is -2.21. The van der Waals surface area contributed by atoms with Crippen LogP contribution < -0.4 is 16.6 Å². The van der Waals surface area contributed by atoms with E-state index < -0.39 is 11.9 Å². The molecule has 0 saturated heterocycles. The molecule has 0 aliphatic heterocycles. The monoisotopic (exact) mass is 555 g/mol. The third-order valence-electron chi connectivity index (χ3n) is 6.79. The van der Waals surface area contributed by atoms with Gasteiger partial charge in [0.15, 0.2) is 11.6 Å². The molecule has 0 aliphatic carbocycles. The molecule has 5 rings (SSSR count). The topological polar surface area (TPSA) is 120 Å². The number of para-hydroxylation sites is 1. The predicted octanol–water partition coefficient (Wildman–Crippen LogP) is 4.79. The number of anilines is 1. The third kappa shape index (κ3) is 5.33. The molecule has 9 heteroatoms. The second-order valence-corrected chi connectivity index (χ2v) is 9.62. The number of allylic oxidation sites excluding steroid dienone is 1. The summed E-state index contributed by atoms with van der Waals surface area (Å²) in [5, 5.41) is 8.33. The Bertz CT molecular complexity index is 1980. The van der Waals surface area contributed by atoms with Gasteiger partial charge in [0.25, 0.3) is 11.5 Å². The van der Waals surface area contributed by atoms with Crippen molar-refractivity contribution in [2.75, 3.05) is 5.73 Å². The van der Waals surface area contributed by atoms with Crippen molar-refractivity contribution in [2.24, 2.45) is 12.0 Å². The van der Waals surface area contributed by atoms with E-state index in [1.54, 1.807) is 17.8 Å². The highest BCUT2D eigenvalue weighted by Crippen LogP contribution is 2.27. The van der Waals surface area contributed by atoms with Crippen LogP contribution in [0, 0.1) is 18.8 Å². The van der Waals surface area contributed by atoms with Gasteiger partial charge in [0.2, 0.25) is 0 Å². The zero-order valence-corrected chi connectivity index (χ0v) is 23.5. The molecule has 2 aromatic carbocycles. The average molecular weight is 556 g/mol. The molecule has 1 amide bonds. The Hall–Kier alpha value is -5.75. The molecule has 0 spiro atoms. The van der Waals surface area contributed by atoms with Gasteiger partial charge in [-0.2, -0.15) is 5.10 Å². The van der Waals surface area contributed by atoms with Crippen LogP contribution in [0.1, 0.15) is 45.8 Å². The lowest BCUT2D eigenvalue weighted by Crippen LogP contribution is -2.32. The minimum Gasteiger partial charge on any atom is -0.381 e. The first kappa shape index (κ1) is 27.8. The summed E-state index contributed by atoms with van der Waals surface area (Å²) in [7, 11) is 1.65. The summed E-state index contributed by atoms with van der Waals surface area (Å²) in [6, 6.07) is 19.9. The van der Waals surface area contributed by atoms with Gasteiger partial charge in [0.1, 0.15) is 5.56 Å². The first-order valence-corrected chi connectivity index (χ1v) is 13.3. The second kappa shape index (κ2) is 11.8. The quantitative estimate of drug-likeness (QED) is 0.231. The molecule has 0 saturated carbocycles. The number of carbonyl (C=O) groups is 1. The van der Waals surface area contributed by atoms with Gasteiger partial charge in [-0.15, -0.1) is 0 Å². The number of carbonyl (C=O) groups excluding carboxylic acids is 1. The summed E-state index contributed by atoms with van der Waals surface area (Å²) in [4.78, 5) is 36.3. The fourth-order valence-corrected chi connectivity index (χ4v) is 4.77. The molecular weight excluding hydrogens is 526 g/mol. The van der Waals surface area contributed by atoms with Crippen LogP contribution >= 0.6 is 0 Å². The van der Waals surface area contributed by atoms with E-state index in [0.29, 0.717) is 33.5 Å². The van der Waals surface area contributed by atoms with Crippen LogP contribution in [0.5, 0.6) is 0 Å². The van der Waals surface area contributed by atoms with E-state index in [9.17, 15) is 9.59 Å². The molecule has 0 aliphatic rings. The number of amides is 1. The maximum atomic E-state index is 14.2. The molecule has 42 heavy (non-hydrogen) atoms. The molecule has 0 bridgehead atoms. The van der Waals surface area contributed by atoms with E-state index in [1.165, 1.54) is 17.0 Å². The number of nitrogens with zero attached hydrogens (tertiary/aromatic N) is 5. The fourth-order valence-electron chi connectivity index (χ4n) is 4.77. The number of hydrogen-bond acceptors (Lipinski definition) is 6. The summed E-state index contributed by atoms with van der Waals surface area (Å²) in [6.45, 7) is 7.33. The van der Waals surface area contributed by atoms with E-state index in [4.69, 9.17) is 5.73 Å². The van der Waals surface area contributed by atoms with Crippen LogP contribution in [-0.4, -0.2) is 31.5 Å². The van der Waals surface area contributed by atoms with Crippen LogP contribution in [0.15, 0.2) is 95.4 Å².